The van der Waals surface area contributed by atoms with Crippen molar-refractivity contribution in [1.29, 1.82) is 0 Å². The zero-order valence-electron chi connectivity index (χ0n) is 7.36. The first kappa shape index (κ1) is 9.01. The van der Waals surface area contributed by atoms with Crippen LogP contribution in [0.25, 0.3) is 0 Å². The second-order valence-electron chi connectivity index (χ2n) is 3.10. The van der Waals surface area contributed by atoms with Gasteiger partial charge in [0.05, 0.1) is 12.3 Å². The van der Waals surface area contributed by atoms with Gasteiger partial charge >= 0.3 is 5.97 Å². The van der Waals surface area contributed by atoms with E-state index in [2.05, 4.69) is 9.97 Å². The summed E-state index contributed by atoms with van der Waals surface area (Å²) in [5.74, 6) is -0.882. The monoisotopic (exact) mass is 198 g/mol. The van der Waals surface area contributed by atoms with Crippen LogP contribution in [-0.4, -0.2) is 32.8 Å². The van der Waals surface area contributed by atoms with Crippen LogP contribution in [-0.2, 0) is 11.2 Å². The number of imidazole rings is 1. The summed E-state index contributed by atoms with van der Waals surface area (Å²) >= 11 is 0. The minimum absolute atomic E-state index is 0.0319. The van der Waals surface area contributed by atoms with E-state index < -0.39 is 12.1 Å². The van der Waals surface area contributed by atoms with Gasteiger partial charge in [-0.15, -0.1) is 0 Å². The van der Waals surface area contributed by atoms with Crippen molar-refractivity contribution in [1.82, 2.24) is 9.97 Å². The zero-order chi connectivity index (χ0) is 10.1. The maximum Gasteiger partial charge on any atom is 0.340 e. The summed E-state index contributed by atoms with van der Waals surface area (Å²) in [7, 11) is 0. The fraction of sp³-hybridized carbons (Fsp3) is 0.500. The van der Waals surface area contributed by atoms with Crippen molar-refractivity contribution in [3.63, 3.8) is 0 Å². The number of carbonyl (C=O) groups is 1. The molecule has 6 heteroatoms. The molecule has 1 aliphatic rings. The van der Waals surface area contributed by atoms with Gasteiger partial charge in [0.1, 0.15) is 0 Å². The highest BCUT2D eigenvalue weighted by Crippen LogP contribution is 2.23. The minimum atomic E-state index is -1.61. The third-order valence-electron chi connectivity index (χ3n) is 2.06. The van der Waals surface area contributed by atoms with E-state index >= 15 is 0 Å². The van der Waals surface area contributed by atoms with Gasteiger partial charge in [-0.3, -0.25) is 0 Å². The van der Waals surface area contributed by atoms with Crippen LogP contribution >= 0.6 is 0 Å². The average Bonchev–Trinajstić information content (AvgIpc) is 2.59. The summed E-state index contributed by atoms with van der Waals surface area (Å²) in [6, 6.07) is 0. The van der Waals surface area contributed by atoms with Gasteiger partial charge in [-0.05, 0) is 12.8 Å². The molecule has 0 spiro atoms. The molecule has 1 aliphatic heterocycles. The summed E-state index contributed by atoms with van der Waals surface area (Å²) in [5.41, 5.74) is 0.756. The molecule has 76 valence electrons. The van der Waals surface area contributed by atoms with Crippen molar-refractivity contribution in [2.45, 2.75) is 18.9 Å². The summed E-state index contributed by atoms with van der Waals surface area (Å²) in [4.78, 5) is 17.1. The number of nitrogens with zero attached hydrogens (tertiary/aromatic N) is 1. The van der Waals surface area contributed by atoms with E-state index in [1.807, 2.05) is 0 Å². The molecular formula is C8H10N2O4. The number of aliphatic hydroxyl groups excluding tert-OH is 1. The number of nitrogens with one attached hydrogen (secondary N) is 1. The second-order valence-corrected chi connectivity index (χ2v) is 3.10. The summed E-state index contributed by atoms with van der Waals surface area (Å²) in [6.45, 7) is 0.584. The van der Waals surface area contributed by atoms with Crippen LogP contribution in [0.5, 0.6) is 5.88 Å². The number of aromatic nitrogens is 2. The number of ether oxygens (including phenoxy) is 1. The van der Waals surface area contributed by atoms with Gasteiger partial charge in [0.25, 0.3) is 0 Å². The first-order valence-electron chi connectivity index (χ1n) is 4.31. The van der Waals surface area contributed by atoms with Gasteiger partial charge in [0, 0.05) is 0 Å². The summed E-state index contributed by atoms with van der Waals surface area (Å²) in [5, 5.41) is 17.7. The van der Waals surface area contributed by atoms with Crippen molar-refractivity contribution < 1.29 is 19.7 Å². The third-order valence-corrected chi connectivity index (χ3v) is 2.06. The van der Waals surface area contributed by atoms with Crippen LogP contribution < -0.4 is 4.74 Å². The summed E-state index contributed by atoms with van der Waals surface area (Å²) in [6.07, 6.45) is 0.0381. The first-order chi connectivity index (χ1) is 6.68. The number of aliphatic hydroxyl groups is 1. The molecule has 0 radical (unpaired) electrons. The smallest absolute Gasteiger partial charge is 0.340 e. The molecule has 0 amide bonds. The number of aliphatic carboxylic acids is 1. The lowest BCUT2D eigenvalue weighted by Crippen LogP contribution is -2.11. The quantitative estimate of drug-likeness (QED) is 0.614. The molecule has 1 aromatic heterocycles. The maximum absolute atomic E-state index is 10.5. The predicted octanol–water partition coefficient (Wildman–Crippen LogP) is -0.147. The Bertz CT molecular complexity index is 337. The molecular weight excluding hydrogens is 188 g/mol. The number of H-pyrrole nitrogens is 1. The second kappa shape index (κ2) is 3.30. The molecule has 0 aromatic carbocycles. The highest BCUT2D eigenvalue weighted by Gasteiger charge is 2.24. The zero-order valence-corrected chi connectivity index (χ0v) is 7.36. The van der Waals surface area contributed by atoms with Crippen LogP contribution in [0.2, 0.25) is 0 Å². The highest BCUT2D eigenvalue weighted by molar-refractivity contribution is 5.72. The highest BCUT2D eigenvalue weighted by atomic mass is 16.5. The fourth-order valence-electron chi connectivity index (χ4n) is 1.37. The van der Waals surface area contributed by atoms with E-state index in [1.54, 1.807) is 0 Å². The van der Waals surface area contributed by atoms with Crippen LogP contribution in [0, 0.1) is 0 Å². The van der Waals surface area contributed by atoms with E-state index in [4.69, 9.17) is 9.84 Å². The Morgan fingerprint density at radius 3 is 3.07 bits per heavy atom. The standard InChI is InChI=1S/C8H10N2O4/c11-5(8(12)13)6-9-4-2-1-3-14-7(4)10-6/h5,11H,1-3H2,(H,9,10)(H,12,13). The molecule has 1 unspecified atom stereocenters. The SMILES string of the molecule is O=C(O)C(O)c1nc2c([nH]1)CCCO2. The molecule has 3 N–H and O–H groups in total. The van der Waals surface area contributed by atoms with Crippen molar-refractivity contribution in [2.24, 2.45) is 0 Å². The number of aromatic amines is 1. The lowest BCUT2D eigenvalue weighted by atomic mass is 10.2. The molecule has 0 fully saturated rings. The minimum Gasteiger partial charge on any atom is -0.479 e. The van der Waals surface area contributed by atoms with Crippen molar-refractivity contribution in [2.75, 3.05) is 6.61 Å². The number of carboxylic acid groups (broad SMARTS) is 1. The number of hydrogen-bond donors (Lipinski definition) is 3. The number of aryl methyl sites for hydroxylation is 1. The molecule has 0 bridgehead atoms. The van der Waals surface area contributed by atoms with Crippen molar-refractivity contribution in [3.05, 3.63) is 11.5 Å². The van der Waals surface area contributed by atoms with Gasteiger partial charge in [0.2, 0.25) is 12.0 Å². The molecule has 14 heavy (non-hydrogen) atoms. The van der Waals surface area contributed by atoms with Crippen molar-refractivity contribution >= 4 is 5.97 Å². The Morgan fingerprint density at radius 2 is 2.43 bits per heavy atom. The van der Waals surface area contributed by atoms with Gasteiger partial charge < -0.3 is 19.9 Å². The lowest BCUT2D eigenvalue weighted by Gasteiger charge is -2.09. The normalized spacial score (nSPS) is 16.9. The average molecular weight is 198 g/mol. The van der Waals surface area contributed by atoms with Crippen molar-refractivity contribution in [3.8, 4) is 5.88 Å². The molecule has 0 saturated carbocycles. The van der Waals surface area contributed by atoms with Gasteiger partial charge in [-0.2, -0.15) is 4.98 Å². The topological polar surface area (TPSA) is 95.4 Å². The Balaban J connectivity index is 2.28. The Hall–Kier alpha value is -1.56. The largest absolute Gasteiger partial charge is 0.479 e. The molecule has 0 saturated heterocycles. The molecule has 1 atom stereocenters. The molecule has 0 aliphatic carbocycles. The van der Waals surface area contributed by atoms with Gasteiger partial charge in [-0.25, -0.2) is 4.79 Å². The fourth-order valence-corrected chi connectivity index (χ4v) is 1.37. The van der Waals surface area contributed by atoms with Crippen LogP contribution in [0.4, 0.5) is 0 Å². The van der Waals surface area contributed by atoms with Crippen LogP contribution in [0.15, 0.2) is 0 Å². The van der Waals surface area contributed by atoms with E-state index in [0.717, 1.165) is 18.5 Å². The number of fused-ring (bicyclic) bond motifs is 1. The lowest BCUT2D eigenvalue weighted by molar-refractivity contribution is -0.147. The summed E-state index contributed by atoms with van der Waals surface area (Å²) < 4.78 is 5.19. The molecule has 1 aromatic rings. The van der Waals surface area contributed by atoms with Gasteiger partial charge in [0.15, 0.2) is 5.82 Å². The van der Waals surface area contributed by atoms with E-state index in [1.165, 1.54) is 0 Å². The van der Waals surface area contributed by atoms with E-state index in [-0.39, 0.29) is 5.82 Å². The van der Waals surface area contributed by atoms with E-state index in [9.17, 15) is 9.90 Å². The number of hydrogen-bond acceptors (Lipinski definition) is 4. The maximum atomic E-state index is 10.5. The first-order valence-corrected chi connectivity index (χ1v) is 4.31. The number of carboxylic acids is 1. The Morgan fingerprint density at radius 1 is 1.64 bits per heavy atom. The third kappa shape index (κ3) is 1.44. The Kier molecular flexibility index (Phi) is 2.12. The van der Waals surface area contributed by atoms with Gasteiger partial charge in [-0.1, -0.05) is 0 Å². The number of rotatable bonds is 2. The predicted molar refractivity (Wildman–Crippen MR) is 45.0 cm³/mol. The molecule has 2 heterocycles. The van der Waals surface area contributed by atoms with E-state index in [0.29, 0.717) is 12.5 Å². The Labute approximate surface area is 79.5 Å². The molecule has 2 rings (SSSR count). The molecule has 6 nitrogen and oxygen atoms in total. The van der Waals surface area contributed by atoms with Crippen LogP contribution in [0.1, 0.15) is 24.0 Å². The van der Waals surface area contributed by atoms with Crippen LogP contribution in [0.3, 0.4) is 0 Å².